The van der Waals surface area contributed by atoms with Gasteiger partial charge in [-0.3, -0.25) is 9.80 Å². The average molecular weight is 419 g/mol. The SMILES string of the molecule is O=C(NC1CCN(Cc2ccccc2OC(F)F)CC1)N1CCc2cc(F)ccc21. The van der Waals surface area contributed by atoms with Crippen LogP contribution in [0.5, 0.6) is 5.75 Å². The van der Waals surface area contributed by atoms with Gasteiger partial charge >= 0.3 is 12.6 Å². The van der Waals surface area contributed by atoms with E-state index in [1.165, 1.54) is 12.1 Å². The molecule has 4 rings (SSSR count). The van der Waals surface area contributed by atoms with Gasteiger partial charge in [0, 0.05) is 43.5 Å². The van der Waals surface area contributed by atoms with E-state index in [-0.39, 0.29) is 23.6 Å². The Labute approximate surface area is 173 Å². The monoisotopic (exact) mass is 419 g/mol. The van der Waals surface area contributed by atoms with Crippen LogP contribution in [0, 0.1) is 5.82 Å². The van der Waals surface area contributed by atoms with Gasteiger partial charge in [-0.15, -0.1) is 0 Å². The van der Waals surface area contributed by atoms with Crippen molar-refractivity contribution in [3.63, 3.8) is 0 Å². The molecule has 0 aromatic heterocycles. The number of alkyl halides is 2. The van der Waals surface area contributed by atoms with Crippen molar-refractivity contribution < 1.29 is 22.7 Å². The summed E-state index contributed by atoms with van der Waals surface area (Å²) >= 11 is 0. The van der Waals surface area contributed by atoms with Gasteiger partial charge in [0.15, 0.2) is 0 Å². The molecule has 0 spiro atoms. The number of nitrogens with one attached hydrogen (secondary N) is 1. The lowest BCUT2D eigenvalue weighted by Crippen LogP contribution is -2.48. The number of hydrogen-bond donors (Lipinski definition) is 1. The number of para-hydroxylation sites is 1. The van der Waals surface area contributed by atoms with Gasteiger partial charge < -0.3 is 10.1 Å². The molecule has 1 fully saturated rings. The van der Waals surface area contributed by atoms with Gasteiger partial charge in [0.1, 0.15) is 11.6 Å². The van der Waals surface area contributed by atoms with Crippen LogP contribution in [0.1, 0.15) is 24.0 Å². The number of rotatable bonds is 5. The fourth-order valence-corrected chi connectivity index (χ4v) is 4.16. The highest BCUT2D eigenvalue weighted by Gasteiger charge is 2.28. The minimum Gasteiger partial charge on any atom is -0.434 e. The number of urea groups is 1. The molecule has 0 saturated carbocycles. The maximum atomic E-state index is 13.4. The van der Waals surface area contributed by atoms with Crippen LogP contribution in [0.2, 0.25) is 0 Å². The number of hydrogen-bond acceptors (Lipinski definition) is 3. The van der Waals surface area contributed by atoms with Crippen LogP contribution >= 0.6 is 0 Å². The van der Waals surface area contributed by atoms with Crippen molar-refractivity contribution in [2.24, 2.45) is 0 Å². The molecule has 0 atom stereocenters. The van der Waals surface area contributed by atoms with E-state index in [1.54, 1.807) is 35.2 Å². The molecule has 0 bridgehead atoms. The maximum absolute atomic E-state index is 13.4. The number of likely N-dealkylation sites (tertiary alicyclic amines) is 1. The third-order valence-electron chi connectivity index (χ3n) is 5.68. The number of piperidine rings is 1. The van der Waals surface area contributed by atoms with Crippen molar-refractivity contribution in [3.05, 3.63) is 59.4 Å². The summed E-state index contributed by atoms with van der Waals surface area (Å²) in [6.07, 6.45) is 2.19. The quantitative estimate of drug-likeness (QED) is 0.792. The third-order valence-corrected chi connectivity index (χ3v) is 5.68. The molecule has 2 aromatic rings. The third kappa shape index (κ3) is 4.70. The Balaban J connectivity index is 1.29. The average Bonchev–Trinajstić information content (AvgIpc) is 3.13. The number of nitrogens with zero attached hydrogens (tertiary/aromatic N) is 2. The summed E-state index contributed by atoms with van der Waals surface area (Å²) in [7, 11) is 0. The van der Waals surface area contributed by atoms with E-state index in [1.807, 2.05) is 0 Å². The van der Waals surface area contributed by atoms with Crippen LogP contribution < -0.4 is 15.0 Å². The lowest BCUT2D eigenvalue weighted by Gasteiger charge is -2.33. The first kappa shape index (κ1) is 20.5. The second-order valence-electron chi connectivity index (χ2n) is 7.66. The minimum absolute atomic E-state index is 0.0470. The first-order chi connectivity index (χ1) is 14.5. The molecule has 0 radical (unpaired) electrons. The van der Waals surface area contributed by atoms with E-state index >= 15 is 0 Å². The zero-order valence-electron chi connectivity index (χ0n) is 16.5. The van der Waals surface area contributed by atoms with Crippen molar-refractivity contribution in [2.75, 3.05) is 24.5 Å². The number of fused-ring (bicyclic) bond motifs is 1. The van der Waals surface area contributed by atoms with Crippen LogP contribution in [-0.2, 0) is 13.0 Å². The van der Waals surface area contributed by atoms with Crippen LogP contribution in [0.3, 0.4) is 0 Å². The summed E-state index contributed by atoms with van der Waals surface area (Å²) in [4.78, 5) is 16.5. The molecule has 2 heterocycles. The molecule has 2 amide bonds. The summed E-state index contributed by atoms with van der Waals surface area (Å²) in [5.41, 5.74) is 2.34. The van der Waals surface area contributed by atoms with Crippen molar-refractivity contribution >= 4 is 11.7 Å². The van der Waals surface area contributed by atoms with Crippen molar-refractivity contribution in [1.82, 2.24) is 10.2 Å². The number of benzene rings is 2. The molecule has 0 unspecified atom stereocenters. The molecule has 160 valence electrons. The molecular weight excluding hydrogens is 395 g/mol. The smallest absolute Gasteiger partial charge is 0.387 e. The highest BCUT2D eigenvalue weighted by Crippen LogP contribution is 2.29. The Kier molecular flexibility index (Phi) is 6.13. The number of carbonyl (C=O) groups excluding carboxylic acids is 1. The van der Waals surface area contributed by atoms with E-state index < -0.39 is 6.61 Å². The molecule has 0 aliphatic carbocycles. The summed E-state index contributed by atoms with van der Waals surface area (Å²) in [5, 5.41) is 3.08. The van der Waals surface area contributed by atoms with Gasteiger partial charge in [0.25, 0.3) is 0 Å². The molecule has 5 nitrogen and oxygen atoms in total. The van der Waals surface area contributed by atoms with Crippen LogP contribution in [0.15, 0.2) is 42.5 Å². The predicted octanol–water partition coefficient (Wildman–Crippen LogP) is 4.16. The topological polar surface area (TPSA) is 44.8 Å². The van der Waals surface area contributed by atoms with Gasteiger partial charge in [-0.1, -0.05) is 18.2 Å². The summed E-state index contributed by atoms with van der Waals surface area (Å²) in [6.45, 7) is -0.288. The van der Waals surface area contributed by atoms with Gasteiger partial charge in [-0.05, 0) is 49.1 Å². The Morgan fingerprint density at radius 2 is 1.90 bits per heavy atom. The van der Waals surface area contributed by atoms with Gasteiger partial charge in [-0.25, -0.2) is 9.18 Å². The number of anilines is 1. The number of carbonyl (C=O) groups is 1. The number of amides is 2. The Bertz CT molecular complexity index is 901. The van der Waals surface area contributed by atoms with Crippen molar-refractivity contribution in [3.8, 4) is 5.75 Å². The van der Waals surface area contributed by atoms with Crippen molar-refractivity contribution in [1.29, 1.82) is 0 Å². The summed E-state index contributed by atoms with van der Waals surface area (Å²) in [6, 6.07) is 11.2. The Hall–Kier alpha value is -2.74. The molecule has 1 N–H and O–H groups in total. The molecule has 8 heteroatoms. The van der Waals surface area contributed by atoms with E-state index in [2.05, 4.69) is 15.0 Å². The van der Waals surface area contributed by atoms with Crippen LogP contribution in [-0.4, -0.2) is 43.2 Å². The van der Waals surface area contributed by atoms with Crippen LogP contribution in [0.4, 0.5) is 23.7 Å². The standard InChI is InChI=1S/C22H24F3N3O2/c23-17-5-6-19-15(13-17)7-12-28(19)22(29)26-18-8-10-27(11-9-18)14-16-3-1-2-4-20(16)30-21(24)25/h1-6,13,18,21H,7-12,14H2,(H,26,29). The largest absolute Gasteiger partial charge is 0.434 e. The van der Waals surface area contributed by atoms with Gasteiger partial charge in [0.05, 0.1) is 0 Å². The van der Waals surface area contributed by atoms with E-state index in [0.717, 1.165) is 42.7 Å². The van der Waals surface area contributed by atoms with Gasteiger partial charge in [0.2, 0.25) is 0 Å². The Morgan fingerprint density at radius 3 is 2.67 bits per heavy atom. The number of ether oxygens (including phenoxy) is 1. The molecule has 2 aromatic carbocycles. The summed E-state index contributed by atoms with van der Waals surface area (Å²) in [5.74, 6) is -0.0871. The maximum Gasteiger partial charge on any atom is 0.387 e. The first-order valence-electron chi connectivity index (χ1n) is 10.1. The fraction of sp³-hybridized carbons (Fsp3) is 0.409. The molecule has 1 saturated heterocycles. The van der Waals surface area contributed by atoms with Crippen molar-refractivity contribution in [2.45, 2.75) is 38.5 Å². The molecule has 2 aliphatic heterocycles. The van der Waals surface area contributed by atoms with E-state index in [0.29, 0.717) is 19.5 Å². The molecule has 30 heavy (non-hydrogen) atoms. The molecular formula is C22H24F3N3O2. The second-order valence-corrected chi connectivity index (χ2v) is 7.66. The Morgan fingerprint density at radius 1 is 1.13 bits per heavy atom. The van der Waals surface area contributed by atoms with Crippen LogP contribution in [0.25, 0.3) is 0 Å². The normalized spacial score (nSPS) is 17.3. The fourth-order valence-electron chi connectivity index (χ4n) is 4.16. The van der Waals surface area contributed by atoms with E-state index in [4.69, 9.17) is 0 Å². The minimum atomic E-state index is -2.85. The lowest BCUT2D eigenvalue weighted by molar-refractivity contribution is -0.0508. The molecule has 2 aliphatic rings. The zero-order chi connectivity index (χ0) is 21.1. The lowest BCUT2D eigenvalue weighted by atomic mass is 10.0. The first-order valence-corrected chi connectivity index (χ1v) is 10.1. The van der Waals surface area contributed by atoms with Gasteiger partial charge in [-0.2, -0.15) is 8.78 Å². The van der Waals surface area contributed by atoms with E-state index in [9.17, 15) is 18.0 Å². The highest BCUT2D eigenvalue weighted by atomic mass is 19.3. The highest BCUT2D eigenvalue weighted by molar-refractivity contribution is 5.94. The summed E-state index contributed by atoms with van der Waals surface area (Å²) < 4.78 is 43.2. The number of halogens is 3. The predicted molar refractivity (Wildman–Crippen MR) is 107 cm³/mol. The zero-order valence-corrected chi connectivity index (χ0v) is 16.5. The second kappa shape index (κ2) is 8.95.